The van der Waals surface area contributed by atoms with Crippen LogP contribution in [0.3, 0.4) is 0 Å². The van der Waals surface area contributed by atoms with Crippen molar-refractivity contribution < 1.29 is 13.2 Å². The van der Waals surface area contributed by atoms with Gasteiger partial charge in [-0.05, 0) is 31.4 Å². The maximum absolute atomic E-state index is 11.8. The van der Waals surface area contributed by atoms with Crippen molar-refractivity contribution >= 4 is 21.4 Å². The second-order valence-electron chi connectivity index (χ2n) is 6.09. The van der Waals surface area contributed by atoms with E-state index in [1.807, 2.05) is 12.1 Å². The van der Waals surface area contributed by atoms with Crippen LogP contribution in [0.15, 0.2) is 18.3 Å². The predicted molar refractivity (Wildman–Crippen MR) is 85.7 cm³/mol. The molecule has 0 amide bonds. The molecule has 0 saturated carbocycles. The van der Waals surface area contributed by atoms with Crippen molar-refractivity contribution in [1.29, 1.82) is 0 Å². The van der Waals surface area contributed by atoms with Crippen LogP contribution < -0.4 is 0 Å². The van der Waals surface area contributed by atoms with Gasteiger partial charge in [-0.3, -0.25) is 9.88 Å². The standard InChI is InChI=1S/C15H21ClN2O3S/c16-12-3-4-13(17-8-12)9-18(10-15-2-1-6-21-15)14-5-7-22(19,20)11-14/h3-4,8,14-15H,1-2,5-7,9-11H2/t14-,15+/m0/s1. The van der Waals surface area contributed by atoms with E-state index in [1.54, 1.807) is 6.20 Å². The Kier molecular flexibility index (Phi) is 5.02. The number of pyridine rings is 1. The van der Waals surface area contributed by atoms with Gasteiger partial charge in [-0.1, -0.05) is 11.6 Å². The van der Waals surface area contributed by atoms with Crippen LogP contribution in [-0.4, -0.2) is 55.1 Å². The summed E-state index contributed by atoms with van der Waals surface area (Å²) >= 11 is 5.87. The van der Waals surface area contributed by atoms with Crippen LogP contribution in [0, 0.1) is 0 Å². The fourth-order valence-electron chi connectivity index (χ4n) is 3.16. The number of hydrogen-bond donors (Lipinski definition) is 0. The summed E-state index contributed by atoms with van der Waals surface area (Å²) in [5.74, 6) is 0.529. The Morgan fingerprint density at radius 2 is 2.23 bits per heavy atom. The van der Waals surface area contributed by atoms with Crippen LogP contribution in [0.2, 0.25) is 5.02 Å². The van der Waals surface area contributed by atoms with Crippen LogP contribution in [0.1, 0.15) is 25.0 Å². The smallest absolute Gasteiger partial charge is 0.151 e. The lowest BCUT2D eigenvalue weighted by molar-refractivity contribution is 0.0569. The van der Waals surface area contributed by atoms with Gasteiger partial charge in [-0.15, -0.1) is 0 Å². The Balaban J connectivity index is 1.71. The third-order valence-corrected chi connectivity index (χ3v) is 6.31. The number of rotatable bonds is 5. The molecule has 0 radical (unpaired) electrons. The van der Waals surface area contributed by atoms with Crippen LogP contribution in [0.5, 0.6) is 0 Å². The highest BCUT2D eigenvalue weighted by Crippen LogP contribution is 2.23. The molecule has 2 fully saturated rings. The van der Waals surface area contributed by atoms with Crippen molar-refractivity contribution in [3.05, 3.63) is 29.0 Å². The van der Waals surface area contributed by atoms with E-state index in [0.29, 0.717) is 18.0 Å². The lowest BCUT2D eigenvalue weighted by Gasteiger charge is -2.29. The first-order chi connectivity index (χ1) is 10.5. The molecule has 2 saturated heterocycles. The van der Waals surface area contributed by atoms with Crippen molar-refractivity contribution in [2.75, 3.05) is 24.7 Å². The number of ether oxygens (including phenoxy) is 1. The molecular formula is C15H21ClN2O3S. The van der Waals surface area contributed by atoms with Crippen LogP contribution >= 0.6 is 11.6 Å². The van der Waals surface area contributed by atoms with E-state index in [0.717, 1.165) is 31.7 Å². The minimum atomic E-state index is -2.90. The SMILES string of the molecule is O=S1(=O)CC[C@H](N(Cc2ccc(Cl)cn2)C[C@H]2CCCO2)C1. The number of halogens is 1. The van der Waals surface area contributed by atoms with E-state index in [-0.39, 0.29) is 23.7 Å². The highest BCUT2D eigenvalue weighted by atomic mass is 35.5. The molecule has 2 aliphatic heterocycles. The molecule has 2 aliphatic rings. The lowest BCUT2D eigenvalue weighted by Crippen LogP contribution is -2.40. The van der Waals surface area contributed by atoms with Crippen LogP contribution in [-0.2, 0) is 21.1 Å². The van der Waals surface area contributed by atoms with Gasteiger partial charge in [0.2, 0.25) is 0 Å². The maximum Gasteiger partial charge on any atom is 0.151 e. The Morgan fingerprint density at radius 3 is 2.82 bits per heavy atom. The van der Waals surface area contributed by atoms with Gasteiger partial charge in [0.15, 0.2) is 9.84 Å². The van der Waals surface area contributed by atoms with Gasteiger partial charge < -0.3 is 4.74 Å². The first-order valence-electron chi connectivity index (χ1n) is 7.68. The normalized spacial score (nSPS) is 27.5. The summed E-state index contributed by atoms with van der Waals surface area (Å²) in [5.41, 5.74) is 0.909. The maximum atomic E-state index is 11.8. The van der Waals surface area contributed by atoms with Gasteiger partial charge in [0.25, 0.3) is 0 Å². The molecule has 2 atom stereocenters. The Hall–Kier alpha value is -0.690. The summed E-state index contributed by atoms with van der Waals surface area (Å²) in [7, 11) is -2.90. The molecule has 7 heteroatoms. The van der Waals surface area contributed by atoms with E-state index >= 15 is 0 Å². The molecular weight excluding hydrogens is 324 g/mol. The summed E-state index contributed by atoms with van der Waals surface area (Å²) < 4.78 is 29.3. The average molecular weight is 345 g/mol. The molecule has 0 bridgehead atoms. The quantitative estimate of drug-likeness (QED) is 0.816. The number of sulfone groups is 1. The zero-order chi connectivity index (χ0) is 15.6. The van der Waals surface area contributed by atoms with Gasteiger partial charge in [0.05, 0.1) is 28.3 Å². The monoisotopic (exact) mass is 344 g/mol. The van der Waals surface area contributed by atoms with Gasteiger partial charge >= 0.3 is 0 Å². The Bertz CT molecular complexity index is 600. The fourth-order valence-corrected chi connectivity index (χ4v) is 5.04. The first-order valence-corrected chi connectivity index (χ1v) is 9.88. The fraction of sp³-hybridized carbons (Fsp3) is 0.667. The zero-order valence-corrected chi connectivity index (χ0v) is 14.0. The molecule has 22 heavy (non-hydrogen) atoms. The molecule has 1 aromatic rings. The van der Waals surface area contributed by atoms with Crippen LogP contribution in [0.25, 0.3) is 0 Å². The minimum absolute atomic E-state index is 0.0617. The third kappa shape index (κ3) is 4.19. The molecule has 122 valence electrons. The minimum Gasteiger partial charge on any atom is -0.377 e. The number of nitrogens with zero attached hydrogens (tertiary/aromatic N) is 2. The van der Waals surface area contributed by atoms with Crippen LogP contribution in [0.4, 0.5) is 0 Å². The second-order valence-corrected chi connectivity index (χ2v) is 8.75. The molecule has 3 heterocycles. The third-order valence-electron chi connectivity index (χ3n) is 4.34. The molecule has 1 aromatic heterocycles. The molecule has 5 nitrogen and oxygen atoms in total. The largest absolute Gasteiger partial charge is 0.377 e. The van der Waals surface area contributed by atoms with E-state index < -0.39 is 9.84 Å². The van der Waals surface area contributed by atoms with Crippen molar-refractivity contribution in [2.24, 2.45) is 0 Å². The molecule has 0 aromatic carbocycles. The Morgan fingerprint density at radius 1 is 1.36 bits per heavy atom. The second kappa shape index (κ2) is 6.83. The number of aromatic nitrogens is 1. The highest BCUT2D eigenvalue weighted by molar-refractivity contribution is 7.91. The summed E-state index contributed by atoms with van der Waals surface area (Å²) in [6.45, 7) is 2.21. The van der Waals surface area contributed by atoms with Crippen molar-refractivity contribution in [3.63, 3.8) is 0 Å². The van der Waals surface area contributed by atoms with Gasteiger partial charge in [0, 0.05) is 31.9 Å². The molecule has 0 unspecified atom stereocenters. The summed E-state index contributed by atoms with van der Waals surface area (Å²) in [6.07, 6.45) is 4.66. The lowest BCUT2D eigenvalue weighted by atomic mass is 10.1. The summed E-state index contributed by atoms with van der Waals surface area (Å²) in [4.78, 5) is 6.56. The molecule has 3 rings (SSSR count). The van der Waals surface area contributed by atoms with Crippen molar-refractivity contribution in [2.45, 2.75) is 38.0 Å². The van der Waals surface area contributed by atoms with E-state index in [4.69, 9.17) is 16.3 Å². The molecule has 0 N–H and O–H groups in total. The van der Waals surface area contributed by atoms with E-state index in [9.17, 15) is 8.42 Å². The zero-order valence-electron chi connectivity index (χ0n) is 12.4. The average Bonchev–Trinajstić information content (AvgIpc) is 3.10. The summed E-state index contributed by atoms with van der Waals surface area (Å²) in [6, 6.07) is 3.78. The van der Waals surface area contributed by atoms with Gasteiger partial charge in [-0.2, -0.15) is 0 Å². The molecule has 0 aliphatic carbocycles. The summed E-state index contributed by atoms with van der Waals surface area (Å²) in [5, 5.41) is 0.609. The van der Waals surface area contributed by atoms with Gasteiger partial charge in [0.1, 0.15) is 0 Å². The Labute approximate surface area is 136 Å². The predicted octanol–water partition coefficient (Wildman–Crippen LogP) is 1.90. The van der Waals surface area contributed by atoms with E-state index in [2.05, 4.69) is 9.88 Å². The number of hydrogen-bond acceptors (Lipinski definition) is 5. The molecule has 0 spiro atoms. The van der Waals surface area contributed by atoms with Gasteiger partial charge in [-0.25, -0.2) is 8.42 Å². The van der Waals surface area contributed by atoms with E-state index in [1.165, 1.54) is 0 Å². The van der Waals surface area contributed by atoms with Crippen molar-refractivity contribution in [3.8, 4) is 0 Å². The van der Waals surface area contributed by atoms with Crippen molar-refractivity contribution in [1.82, 2.24) is 9.88 Å². The topological polar surface area (TPSA) is 59.5 Å². The first kappa shape index (κ1) is 16.2. The highest BCUT2D eigenvalue weighted by Gasteiger charge is 2.34.